The normalized spacial score (nSPS) is 13.8. The van der Waals surface area contributed by atoms with Gasteiger partial charge in [0.2, 0.25) is 5.95 Å². The molecule has 0 aromatic carbocycles. The fourth-order valence-electron chi connectivity index (χ4n) is 1.34. The van der Waals surface area contributed by atoms with Crippen molar-refractivity contribution in [2.75, 3.05) is 19.0 Å². The van der Waals surface area contributed by atoms with E-state index in [9.17, 15) is 15.0 Å². The first-order chi connectivity index (χ1) is 8.58. The zero-order valence-electron chi connectivity index (χ0n) is 10.3. The maximum Gasteiger partial charge on any atom is 0.308 e. The first-order valence-corrected chi connectivity index (χ1v) is 5.60. The van der Waals surface area contributed by atoms with Gasteiger partial charge in [-0.25, -0.2) is 9.97 Å². The Morgan fingerprint density at radius 1 is 1.44 bits per heavy atom. The van der Waals surface area contributed by atoms with Crippen molar-refractivity contribution in [1.29, 1.82) is 0 Å². The van der Waals surface area contributed by atoms with Crippen LogP contribution in [-0.4, -0.2) is 45.9 Å². The Balaban J connectivity index is 2.61. The number of ether oxygens (including phenoxy) is 1. The molecule has 18 heavy (non-hydrogen) atoms. The van der Waals surface area contributed by atoms with Crippen molar-refractivity contribution in [3.8, 4) is 0 Å². The summed E-state index contributed by atoms with van der Waals surface area (Å²) >= 11 is 0. The summed E-state index contributed by atoms with van der Waals surface area (Å²) in [6, 6.07) is 0. The lowest BCUT2D eigenvalue weighted by Gasteiger charge is -2.16. The van der Waals surface area contributed by atoms with E-state index in [0.29, 0.717) is 11.5 Å². The molecular weight excluding hydrogens is 238 g/mol. The van der Waals surface area contributed by atoms with E-state index in [2.05, 4.69) is 20.0 Å². The Labute approximate surface area is 105 Å². The monoisotopic (exact) mass is 255 g/mol. The number of nitrogens with zero attached hydrogens (tertiary/aromatic N) is 2. The van der Waals surface area contributed by atoms with E-state index >= 15 is 0 Å². The van der Waals surface area contributed by atoms with Crippen molar-refractivity contribution in [1.82, 2.24) is 9.97 Å². The van der Waals surface area contributed by atoms with E-state index in [1.54, 1.807) is 14.0 Å². The van der Waals surface area contributed by atoms with Gasteiger partial charge in [0.15, 0.2) is 0 Å². The van der Waals surface area contributed by atoms with Gasteiger partial charge in [-0.3, -0.25) is 4.79 Å². The predicted octanol–water partition coefficient (Wildman–Crippen LogP) is -0.134. The second kappa shape index (κ2) is 6.87. The Morgan fingerprint density at radius 3 is 2.56 bits per heavy atom. The standard InChI is InChI=1S/C11H17N3O4/c1-3-18-9(16)4-8(15)10(17)7-5-13-11(12-2)14-6-7/h5-6,8,10,15,17H,3-4H2,1-2H3,(H,12,13,14). The van der Waals surface area contributed by atoms with Gasteiger partial charge in [-0.1, -0.05) is 0 Å². The molecule has 1 rings (SSSR count). The molecule has 0 fully saturated rings. The summed E-state index contributed by atoms with van der Waals surface area (Å²) in [5.41, 5.74) is 0.339. The van der Waals surface area contributed by atoms with Gasteiger partial charge in [0.1, 0.15) is 6.10 Å². The third kappa shape index (κ3) is 3.94. The number of carbonyl (C=O) groups is 1. The number of aromatic nitrogens is 2. The zero-order valence-corrected chi connectivity index (χ0v) is 10.3. The Bertz CT molecular complexity index is 382. The van der Waals surface area contributed by atoms with E-state index in [-0.39, 0.29) is 13.0 Å². The van der Waals surface area contributed by atoms with Gasteiger partial charge in [0.25, 0.3) is 0 Å². The van der Waals surface area contributed by atoms with Crippen molar-refractivity contribution >= 4 is 11.9 Å². The zero-order chi connectivity index (χ0) is 13.5. The molecule has 0 aliphatic rings. The molecule has 0 bridgehead atoms. The van der Waals surface area contributed by atoms with Gasteiger partial charge in [0.05, 0.1) is 19.1 Å². The van der Waals surface area contributed by atoms with Crippen molar-refractivity contribution in [3.05, 3.63) is 18.0 Å². The van der Waals surface area contributed by atoms with Crippen molar-refractivity contribution in [2.45, 2.75) is 25.6 Å². The minimum atomic E-state index is -1.24. The van der Waals surface area contributed by atoms with Crippen molar-refractivity contribution in [2.24, 2.45) is 0 Å². The maximum absolute atomic E-state index is 11.2. The first-order valence-electron chi connectivity index (χ1n) is 5.60. The number of hydrogen-bond acceptors (Lipinski definition) is 7. The lowest BCUT2D eigenvalue weighted by Crippen LogP contribution is -2.23. The Hall–Kier alpha value is -1.73. The summed E-state index contributed by atoms with van der Waals surface area (Å²) < 4.78 is 4.68. The van der Waals surface area contributed by atoms with Crippen LogP contribution in [-0.2, 0) is 9.53 Å². The molecule has 2 unspecified atom stereocenters. The Kier molecular flexibility index (Phi) is 5.47. The largest absolute Gasteiger partial charge is 0.466 e. The van der Waals surface area contributed by atoms with Crippen LogP contribution in [0.25, 0.3) is 0 Å². The molecule has 0 aliphatic carbocycles. The molecule has 100 valence electrons. The maximum atomic E-state index is 11.2. The van der Waals surface area contributed by atoms with E-state index in [0.717, 1.165) is 0 Å². The molecular formula is C11H17N3O4. The van der Waals surface area contributed by atoms with Gasteiger partial charge in [-0.05, 0) is 6.92 Å². The van der Waals surface area contributed by atoms with Gasteiger partial charge < -0.3 is 20.3 Å². The molecule has 0 saturated carbocycles. The van der Waals surface area contributed by atoms with Crippen molar-refractivity contribution in [3.63, 3.8) is 0 Å². The average molecular weight is 255 g/mol. The van der Waals surface area contributed by atoms with Gasteiger partial charge in [-0.2, -0.15) is 0 Å². The van der Waals surface area contributed by atoms with Crippen LogP contribution < -0.4 is 5.32 Å². The predicted molar refractivity (Wildman–Crippen MR) is 63.8 cm³/mol. The topological polar surface area (TPSA) is 105 Å². The molecule has 1 aromatic heterocycles. The second-order valence-corrected chi connectivity index (χ2v) is 3.61. The number of carbonyl (C=O) groups excluding carboxylic acids is 1. The quantitative estimate of drug-likeness (QED) is 0.608. The number of aliphatic hydroxyl groups is 2. The smallest absolute Gasteiger partial charge is 0.308 e. The number of esters is 1. The summed E-state index contributed by atoms with van der Waals surface area (Å²) in [6.07, 6.45) is 0.0341. The lowest BCUT2D eigenvalue weighted by atomic mass is 10.1. The third-order valence-corrected chi connectivity index (χ3v) is 2.28. The highest BCUT2D eigenvalue weighted by atomic mass is 16.5. The van der Waals surface area contributed by atoms with Crippen LogP contribution in [0.5, 0.6) is 0 Å². The lowest BCUT2D eigenvalue weighted by molar-refractivity contribution is -0.147. The van der Waals surface area contributed by atoms with E-state index in [4.69, 9.17) is 0 Å². The highest BCUT2D eigenvalue weighted by Crippen LogP contribution is 2.18. The molecule has 3 N–H and O–H groups in total. The highest BCUT2D eigenvalue weighted by molar-refractivity contribution is 5.70. The molecule has 0 radical (unpaired) electrons. The van der Waals surface area contributed by atoms with E-state index < -0.39 is 18.2 Å². The van der Waals surface area contributed by atoms with Gasteiger partial charge in [-0.15, -0.1) is 0 Å². The van der Waals surface area contributed by atoms with Crippen LogP contribution in [0.1, 0.15) is 25.0 Å². The van der Waals surface area contributed by atoms with Crippen LogP contribution in [0.15, 0.2) is 12.4 Å². The number of rotatable bonds is 6. The molecule has 0 aliphatic heterocycles. The van der Waals surface area contributed by atoms with Crippen LogP contribution >= 0.6 is 0 Å². The minimum absolute atomic E-state index is 0.238. The van der Waals surface area contributed by atoms with Crippen molar-refractivity contribution < 1.29 is 19.7 Å². The van der Waals surface area contributed by atoms with Gasteiger partial charge >= 0.3 is 5.97 Å². The molecule has 1 aromatic rings. The van der Waals surface area contributed by atoms with Crippen LogP contribution in [0.2, 0.25) is 0 Å². The Morgan fingerprint density at radius 2 is 2.06 bits per heavy atom. The molecule has 1 heterocycles. The van der Waals surface area contributed by atoms with E-state index in [1.807, 2.05) is 0 Å². The summed E-state index contributed by atoms with van der Waals surface area (Å²) in [6.45, 7) is 1.91. The third-order valence-electron chi connectivity index (χ3n) is 2.28. The van der Waals surface area contributed by atoms with E-state index in [1.165, 1.54) is 12.4 Å². The second-order valence-electron chi connectivity index (χ2n) is 3.61. The number of nitrogens with one attached hydrogen (secondary N) is 1. The number of hydrogen-bond donors (Lipinski definition) is 3. The number of aliphatic hydroxyl groups excluding tert-OH is 2. The number of anilines is 1. The van der Waals surface area contributed by atoms with Crippen LogP contribution in [0.3, 0.4) is 0 Å². The molecule has 7 heteroatoms. The highest BCUT2D eigenvalue weighted by Gasteiger charge is 2.22. The van der Waals surface area contributed by atoms with Crippen LogP contribution in [0.4, 0.5) is 5.95 Å². The molecule has 0 saturated heterocycles. The minimum Gasteiger partial charge on any atom is -0.466 e. The average Bonchev–Trinajstić information content (AvgIpc) is 2.38. The fourth-order valence-corrected chi connectivity index (χ4v) is 1.34. The first kappa shape index (κ1) is 14.3. The summed E-state index contributed by atoms with van der Waals surface area (Å²) in [7, 11) is 1.67. The van der Waals surface area contributed by atoms with Crippen LogP contribution in [0, 0.1) is 0 Å². The summed E-state index contributed by atoms with van der Waals surface area (Å²) in [4.78, 5) is 19.0. The van der Waals surface area contributed by atoms with Gasteiger partial charge in [0, 0.05) is 25.0 Å². The molecule has 0 spiro atoms. The summed E-state index contributed by atoms with van der Waals surface area (Å²) in [5, 5.41) is 22.2. The molecule has 2 atom stereocenters. The summed E-state index contributed by atoms with van der Waals surface area (Å²) in [5.74, 6) is -0.150. The molecule has 7 nitrogen and oxygen atoms in total. The molecule has 0 amide bonds. The SMILES string of the molecule is CCOC(=O)CC(O)C(O)c1cnc(NC)nc1. The fraction of sp³-hybridized carbons (Fsp3) is 0.545.